The van der Waals surface area contributed by atoms with Crippen molar-refractivity contribution in [2.24, 2.45) is 0 Å². The Morgan fingerprint density at radius 2 is 1.83 bits per heavy atom. The van der Waals surface area contributed by atoms with Gasteiger partial charge in [-0.2, -0.15) is 0 Å². The molecule has 0 aromatic heterocycles. The van der Waals surface area contributed by atoms with Crippen LogP contribution in [0, 0.1) is 0 Å². The number of nitrogens with zero attached hydrogens (tertiary/aromatic N) is 1. The predicted molar refractivity (Wildman–Crippen MR) is 110 cm³/mol. The van der Waals surface area contributed by atoms with Gasteiger partial charge in [0, 0.05) is 18.5 Å². The Morgan fingerprint density at radius 3 is 2.45 bits per heavy atom. The minimum atomic E-state index is -0.965. The fraction of sp³-hybridized carbons (Fsp3) is 0.318. The molecule has 0 aliphatic carbocycles. The van der Waals surface area contributed by atoms with Gasteiger partial charge in [0.25, 0.3) is 0 Å². The van der Waals surface area contributed by atoms with E-state index in [1.54, 1.807) is 35.2 Å². The number of ketones is 1. The Kier molecular flexibility index (Phi) is 6.54. The number of carbonyl (C=O) groups is 3. The van der Waals surface area contributed by atoms with E-state index >= 15 is 0 Å². The number of benzene rings is 2. The summed E-state index contributed by atoms with van der Waals surface area (Å²) in [5.74, 6) is -0.332. The molecule has 1 fully saturated rings. The van der Waals surface area contributed by atoms with Gasteiger partial charge in [-0.15, -0.1) is 0 Å². The van der Waals surface area contributed by atoms with Gasteiger partial charge in [-0.1, -0.05) is 11.6 Å². The highest BCUT2D eigenvalue weighted by Gasteiger charge is 2.26. The van der Waals surface area contributed by atoms with Crippen LogP contribution >= 0.6 is 11.6 Å². The van der Waals surface area contributed by atoms with Crippen LogP contribution in [-0.4, -0.2) is 36.9 Å². The van der Waals surface area contributed by atoms with Crippen LogP contribution in [0.3, 0.4) is 0 Å². The Balaban J connectivity index is 1.70. The van der Waals surface area contributed by atoms with Crippen molar-refractivity contribution in [2.75, 3.05) is 18.1 Å². The van der Waals surface area contributed by atoms with Crippen molar-refractivity contribution in [3.63, 3.8) is 0 Å². The number of Topliss-reactive ketones (excluding diaryl/α,β-unsaturated/α-hetero) is 1. The Labute approximate surface area is 174 Å². The van der Waals surface area contributed by atoms with E-state index in [0.717, 1.165) is 6.42 Å². The number of halogens is 1. The van der Waals surface area contributed by atoms with Gasteiger partial charge in [0.15, 0.2) is 6.10 Å². The summed E-state index contributed by atoms with van der Waals surface area (Å²) in [6, 6.07) is 11.3. The molecule has 0 bridgehead atoms. The molecular formula is C22H22ClNO5. The van der Waals surface area contributed by atoms with Crippen molar-refractivity contribution >= 4 is 34.9 Å². The maximum absolute atomic E-state index is 12.6. The zero-order chi connectivity index (χ0) is 21.0. The zero-order valence-corrected chi connectivity index (χ0v) is 17.1. The molecule has 0 saturated carbocycles. The number of carbonyl (C=O) groups excluding carboxylic acids is 3. The van der Waals surface area contributed by atoms with Crippen molar-refractivity contribution in [1.29, 1.82) is 0 Å². The molecule has 3 rings (SSSR count). The molecule has 1 saturated heterocycles. The van der Waals surface area contributed by atoms with Crippen LogP contribution < -0.4 is 9.64 Å². The van der Waals surface area contributed by atoms with Gasteiger partial charge in [-0.3, -0.25) is 9.59 Å². The van der Waals surface area contributed by atoms with E-state index in [9.17, 15) is 14.4 Å². The number of esters is 1. The molecule has 29 heavy (non-hydrogen) atoms. The number of amides is 1. The van der Waals surface area contributed by atoms with Crippen LogP contribution in [-0.2, 0) is 9.53 Å². The summed E-state index contributed by atoms with van der Waals surface area (Å²) < 4.78 is 10.7. The third kappa shape index (κ3) is 4.77. The third-order valence-electron chi connectivity index (χ3n) is 4.65. The number of ether oxygens (including phenoxy) is 2. The first-order chi connectivity index (χ1) is 13.9. The number of hydrogen-bond acceptors (Lipinski definition) is 5. The van der Waals surface area contributed by atoms with E-state index in [2.05, 4.69) is 0 Å². The van der Waals surface area contributed by atoms with E-state index in [1.165, 1.54) is 19.1 Å². The summed E-state index contributed by atoms with van der Waals surface area (Å²) >= 11 is 6.21. The maximum Gasteiger partial charge on any atom is 0.338 e. The summed E-state index contributed by atoms with van der Waals surface area (Å²) in [5, 5.41) is 0.385. The SMILES string of the molecule is CCOc1ccc(C(=O)[C@H](C)OC(=O)c2ccc(Cl)c(N3CCCC3=O)c2)cc1. The lowest BCUT2D eigenvalue weighted by Gasteiger charge is -2.18. The average Bonchev–Trinajstić information content (AvgIpc) is 3.14. The molecule has 1 aliphatic heterocycles. The molecule has 0 unspecified atom stereocenters. The second-order valence-electron chi connectivity index (χ2n) is 6.68. The van der Waals surface area contributed by atoms with Crippen LogP contribution in [0.15, 0.2) is 42.5 Å². The summed E-state index contributed by atoms with van der Waals surface area (Å²) in [5.41, 5.74) is 1.14. The molecule has 1 heterocycles. The second kappa shape index (κ2) is 9.09. The van der Waals surface area contributed by atoms with Gasteiger partial charge in [0.2, 0.25) is 11.7 Å². The van der Waals surface area contributed by atoms with Gasteiger partial charge in [-0.05, 0) is 62.7 Å². The maximum atomic E-state index is 12.6. The van der Waals surface area contributed by atoms with Gasteiger partial charge in [-0.25, -0.2) is 4.79 Å². The molecule has 0 radical (unpaired) electrons. The molecular weight excluding hydrogens is 394 g/mol. The predicted octanol–water partition coefficient (Wildman–Crippen LogP) is 4.29. The first-order valence-corrected chi connectivity index (χ1v) is 9.86. The highest BCUT2D eigenvalue weighted by atomic mass is 35.5. The van der Waals surface area contributed by atoms with Gasteiger partial charge < -0.3 is 14.4 Å². The fourth-order valence-electron chi connectivity index (χ4n) is 3.15. The van der Waals surface area contributed by atoms with E-state index in [1.807, 2.05) is 6.92 Å². The Hall–Kier alpha value is -2.86. The minimum Gasteiger partial charge on any atom is -0.494 e. The lowest BCUT2D eigenvalue weighted by atomic mass is 10.1. The molecule has 0 N–H and O–H groups in total. The van der Waals surface area contributed by atoms with Gasteiger partial charge >= 0.3 is 5.97 Å². The largest absolute Gasteiger partial charge is 0.494 e. The fourth-order valence-corrected chi connectivity index (χ4v) is 3.37. The van der Waals surface area contributed by atoms with Crippen LogP contribution in [0.4, 0.5) is 5.69 Å². The molecule has 2 aromatic rings. The summed E-state index contributed by atoms with van der Waals surface area (Å²) in [6.07, 6.45) is 0.240. The van der Waals surface area contributed by atoms with Crippen molar-refractivity contribution < 1.29 is 23.9 Å². The average molecular weight is 416 g/mol. The summed E-state index contributed by atoms with van der Waals surface area (Å²) in [4.78, 5) is 38.7. The number of anilines is 1. The Bertz CT molecular complexity index is 925. The van der Waals surface area contributed by atoms with E-state index in [-0.39, 0.29) is 17.3 Å². The molecule has 1 amide bonds. The standard InChI is InChI=1S/C22H22ClNO5/c1-3-28-17-9-6-15(7-10-17)21(26)14(2)29-22(27)16-8-11-18(23)19(13-16)24-12-4-5-20(24)25/h6-11,13-14H,3-5,12H2,1-2H3/t14-/m0/s1. The first kappa shape index (κ1) is 20.9. The normalized spacial score (nSPS) is 14.6. The van der Waals surface area contributed by atoms with Crippen LogP contribution in [0.1, 0.15) is 47.4 Å². The quantitative estimate of drug-likeness (QED) is 0.498. The van der Waals surface area contributed by atoms with E-state index < -0.39 is 12.1 Å². The van der Waals surface area contributed by atoms with Crippen LogP contribution in [0.5, 0.6) is 5.75 Å². The lowest BCUT2D eigenvalue weighted by molar-refractivity contribution is -0.117. The molecule has 1 aliphatic rings. The summed E-state index contributed by atoms with van der Waals surface area (Å²) in [7, 11) is 0. The van der Waals surface area contributed by atoms with E-state index in [4.69, 9.17) is 21.1 Å². The molecule has 0 spiro atoms. The third-order valence-corrected chi connectivity index (χ3v) is 4.97. The number of rotatable bonds is 7. The Morgan fingerprint density at radius 1 is 1.14 bits per heavy atom. The van der Waals surface area contributed by atoms with Crippen molar-refractivity contribution in [3.8, 4) is 5.75 Å². The topological polar surface area (TPSA) is 72.9 Å². The minimum absolute atomic E-state index is 0.0311. The van der Waals surface area contributed by atoms with Crippen molar-refractivity contribution in [1.82, 2.24) is 0 Å². The van der Waals surface area contributed by atoms with Crippen LogP contribution in [0.2, 0.25) is 5.02 Å². The van der Waals surface area contributed by atoms with Crippen LogP contribution in [0.25, 0.3) is 0 Å². The monoisotopic (exact) mass is 415 g/mol. The molecule has 152 valence electrons. The smallest absolute Gasteiger partial charge is 0.338 e. The van der Waals surface area contributed by atoms with Crippen molar-refractivity contribution in [2.45, 2.75) is 32.8 Å². The number of hydrogen-bond donors (Lipinski definition) is 0. The van der Waals surface area contributed by atoms with E-state index in [0.29, 0.717) is 41.6 Å². The summed E-state index contributed by atoms with van der Waals surface area (Å²) in [6.45, 7) is 4.50. The molecule has 6 nitrogen and oxygen atoms in total. The van der Waals surface area contributed by atoms with Gasteiger partial charge in [0.1, 0.15) is 5.75 Å². The highest BCUT2D eigenvalue weighted by Crippen LogP contribution is 2.30. The molecule has 1 atom stereocenters. The molecule has 7 heteroatoms. The van der Waals surface area contributed by atoms with Crippen molar-refractivity contribution in [3.05, 3.63) is 58.6 Å². The lowest BCUT2D eigenvalue weighted by Crippen LogP contribution is -2.26. The van der Waals surface area contributed by atoms with Gasteiger partial charge in [0.05, 0.1) is 22.9 Å². The zero-order valence-electron chi connectivity index (χ0n) is 16.3. The molecule has 2 aromatic carbocycles. The second-order valence-corrected chi connectivity index (χ2v) is 7.09. The first-order valence-electron chi connectivity index (χ1n) is 9.48. The highest BCUT2D eigenvalue weighted by molar-refractivity contribution is 6.34.